The number of ether oxygens (including phenoxy) is 4. The van der Waals surface area contributed by atoms with E-state index in [1.54, 1.807) is 24.3 Å². The van der Waals surface area contributed by atoms with Crippen molar-refractivity contribution in [1.29, 1.82) is 0 Å². The first-order chi connectivity index (χ1) is 17.2. The molecular weight excluding hydrogens is 481 g/mol. The van der Waals surface area contributed by atoms with E-state index in [2.05, 4.69) is 15.7 Å². The maximum atomic E-state index is 14.0. The molecule has 0 radical (unpaired) electrons. The molecule has 1 amide bonds. The molecule has 0 spiro atoms. The zero-order valence-corrected chi connectivity index (χ0v) is 20.0. The predicted molar refractivity (Wildman–Crippen MR) is 125 cm³/mol. The highest BCUT2D eigenvalue weighted by atomic mass is 19.4. The molecule has 36 heavy (non-hydrogen) atoms. The Kier molecular flexibility index (Phi) is 6.86. The van der Waals surface area contributed by atoms with Crippen LogP contribution >= 0.6 is 0 Å². The lowest BCUT2D eigenvalue weighted by molar-refractivity contribution is -0.173. The zero-order chi connectivity index (χ0) is 26.0. The number of carbonyl (C=O) groups is 1. The SMILES string of the molecule is COc1cccc([C@@H]2C[C@@H](C(F)(F)F)n3ncc(C(=O)Nc4cc(OC)c(OC)c(OC)c4)c3N2)c1. The van der Waals surface area contributed by atoms with E-state index in [0.29, 0.717) is 34.2 Å². The molecule has 192 valence electrons. The van der Waals surface area contributed by atoms with Gasteiger partial charge in [-0.2, -0.15) is 18.3 Å². The zero-order valence-electron chi connectivity index (χ0n) is 20.0. The van der Waals surface area contributed by atoms with E-state index in [4.69, 9.17) is 18.9 Å². The first-order valence-corrected chi connectivity index (χ1v) is 10.9. The van der Waals surface area contributed by atoms with E-state index in [-0.39, 0.29) is 17.8 Å². The normalized spacial score (nSPS) is 17.0. The summed E-state index contributed by atoms with van der Waals surface area (Å²) in [6.45, 7) is 0. The molecule has 1 aliphatic rings. The largest absolute Gasteiger partial charge is 0.497 e. The number of halogens is 3. The van der Waals surface area contributed by atoms with Crippen molar-refractivity contribution < 1.29 is 36.9 Å². The molecule has 9 nitrogen and oxygen atoms in total. The van der Waals surface area contributed by atoms with Crippen LogP contribution in [0.3, 0.4) is 0 Å². The topological polar surface area (TPSA) is 95.9 Å². The minimum atomic E-state index is -4.58. The number of hydrogen-bond donors (Lipinski definition) is 2. The van der Waals surface area contributed by atoms with Gasteiger partial charge in [0.1, 0.15) is 17.1 Å². The van der Waals surface area contributed by atoms with Crippen molar-refractivity contribution in [1.82, 2.24) is 9.78 Å². The van der Waals surface area contributed by atoms with Crippen LogP contribution in [-0.2, 0) is 0 Å². The fraction of sp³-hybridized carbons (Fsp3) is 0.333. The van der Waals surface area contributed by atoms with Crippen LogP contribution < -0.4 is 29.6 Å². The molecule has 3 aromatic rings. The molecule has 0 aliphatic carbocycles. The third kappa shape index (κ3) is 4.70. The lowest BCUT2D eigenvalue weighted by atomic mass is 9.96. The first-order valence-electron chi connectivity index (χ1n) is 10.9. The van der Waals surface area contributed by atoms with Crippen molar-refractivity contribution in [2.75, 3.05) is 39.1 Å². The summed E-state index contributed by atoms with van der Waals surface area (Å²) in [5.74, 6) is 0.746. The predicted octanol–water partition coefficient (Wildman–Crippen LogP) is 4.83. The quantitative estimate of drug-likeness (QED) is 0.474. The lowest BCUT2D eigenvalue weighted by Crippen LogP contribution is -2.36. The van der Waals surface area contributed by atoms with Gasteiger partial charge in [0.05, 0.1) is 40.7 Å². The smallest absolute Gasteiger partial charge is 0.410 e. The summed E-state index contributed by atoms with van der Waals surface area (Å²) in [6.07, 6.45) is -3.77. The minimum Gasteiger partial charge on any atom is -0.497 e. The van der Waals surface area contributed by atoms with Crippen molar-refractivity contribution in [3.05, 3.63) is 53.7 Å². The first kappa shape index (κ1) is 25.0. The summed E-state index contributed by atoms with van der Waals surface area (Å²) in [7, 11) is 5.78. The number of nitrogens with zero attached hydrogens (tertiary/aromatic N) is 2. The molecular formula is C24H25F3N4O5. The number of rotatable bonds is 7. The maximum absolute atomic E-state index is 14.0. The van der Waals surface area contributed by atoms with Crippen molar-refractivity contribution >= 4 is 17.4 Å². The molecule has 2 N–H and O–H groups in total. The summed E-state index contributed by atoms with van der Waals surface area (Å²) >= 11 is 0. The highest BCUT2D eigenvalue weighted by Crippen LogP contribution is 2.45. The van der Waals surface area contributed by atoms with Crippen LogP contribution in [0, 0.1) is 0 Å². The molecule has 0 saturated heterocycles. The van der Waals surface area contributed by atoms with Gasteiger partial charge in [0.25, 0.3) is 5.91 Å². The second-order valence-corrected chi connectivity index (χ2v) is 7.99. The number of aromatic nitrogens is 2. The Hall–Kier alpha value is -4.09. The number of alkyl halides is 3. The van der Waals surface area contributed by atoms with Gasteiger partial charge in [-0.3, -0.25) is 4.79 Å². The second-order valence-electron chi connectivity index (χ2n) is 7.99. The van der Waals surface area contributed by atoms with E-state index in [0.717, 1.165) is 10.9 Å². The molecule has 4 rings (SSSR count). The Balaban J connectivity index is 1.69. The van der Waals surface area contributed by atoms with Gasteiger partial charge >= 0.3 is 6.18 Å². The molecule has 2 heterocycles. The second kappa shape index (κ2) is 9.88. The molecule has 12 heteroatoms. The number of amides is 1. The average Bonchev–Trinajstić information content (AvgIpc) is 3.31. The van der Waals surface area contributed by atoms with Gasteiger partial charge in [-0.25, -0.2) is 4.68 Å². The molecule has 1 aliphatic heterocycles. The number of benzene rings is 2. The summed E-state index contributed by atoms with van der Waals surface area (Å²) in [6, 6.07) is 7.13. The monoisotopic (exact) mass is 506 g/mol. The van der Waals surface area contributed by atoms with Crippen molar-refractivity contribution in [2.45, 2.75) is 24.7 Å². The molecule has 0 unspecified atom stereocenters. The summed E-state index contributed by atoms with van der Waals surface area (Å²) in [4.78, 5) is 13.2. The Morgan fingerprint density at radius 3 is 2.33 bits per heavy atom. The number of methoxy groups -OCH3 is 4. The van der Waals surface area contributed by atoms with Gasteiger partial charge in [-0.15, -0.1) is 0 Å². The number of fused-ring (bicyclic) bond motifs is 1. The molecule has 0 saturated carbocycles. The third-order valence-electron chi connectivity index (χ3n) is 5.90. The van der Waals surface area contributed by atoms with Gasteiger partial charge in [-0.05, 0) is 17.7 Å². The highest BCUT2D eigenvalue weighted by Gasteiger charge is 2.47. The summed E-state index contributed by atoms with van der Waals surface area (Å²) in [5, 5.41) is 9.64. The summed E-state index contributed by atoms with van der Waals surface area (Å²) < 4.78 is 63.9. The van der Waals surface area contributed by atoms with E-state index in [1.165, 1.54) is 40.6 Å². The van der Waals surface area contributed by atoms with Crippen LogP contribution in [-0.4, -0.2) is 50.3 Å². The standard InChI is InChI=1S/C24H25F3N4O5/c1-33-15-7-5-6-13(8-15)17-11-20(24(25,26)27)31-22(30-17)16(12-28-31)23(32)29-14-9-18(34-2)21(36-4)19(10-14)35-3/h5-10,12,17,20,30H,11H2,1-4H3,(H,29,32)/t17-,20-/m0/s1. The maximum Gasteiger partial charge on any atom is 0.410 e. The third-order valence-corrected chi connectivity index (χ3v) is 5.90. The van der Waals surface area contributed by atoms with Crippen LogP contribution in [0.2, 0.25) is 0 Å². The van der Waals surface area contributed by atoms with Crippen LogP contribution in [0.15, 0.2) is 42.6 Å². The fourth-order valence-electron chi connectivity index (χ4n) is 4.16. The minimum absolute atomic E-state index is 0.0404. The lowest BCUT2D eigenvalue weighted by Gasteiger charge is -2.34. The Bertz CT molecular complexity index is 1240. The van der Waals surface area contributed by atoms with Crippen molar-refractivity contribution in [2.24, 2.45) is 0 Å². The summed E-state index contributed by atoms with van der Waals surface area (Å²) in [5.41, 5.74) is 0.833. The van der Waals surface area contributed by atoms with Crippen LogP contribution in [0.25, 0.3) is 0 Å². The van der Waals surface area contributed by atoms with Gasteiger partial charge in [0.2, 0.25) is 5.75 Å². The Morgan fingerprint density at radius 2 is 1.75 bits per heavy atom. The molecule has 2 atom stereocenters. The van der Waals surface area contributed by atoms with E-state index in [1.807, 2.05) is 0 Å². The van der Waals surface area contributed by atoms with Crippen LogP contribution in [0.4, 0.5) is 24.7 Å². The number of carbonyl (C=O) groups excluding carboxylic acids is 1. The van der Waals surface area contributed by atoms with Crippen LogP contribution in [0.5, 0.6) is 23.0 Å². The highest BCUT2D eigenvalue weighted by molar-refractivity contribution is 6.07. The van der Waals surface area contributed by atoms with Crippen LogP contribution in [0.1, 0.15) is 34.4 Å². The van der Waals surface area contributed by atoms with Crippen molar-refractivity contribution in [3.8, 4) is 23.0 Å². The average molecular weight is 506 g/mol. The number of hydrogen-bond acceptors (Lipinski definition) is 7. The van der Waals surface area contributed by atoms with Gasteiger partial charge in [0.15, 0.2) is 17.5 Å². The van der Waals surface area contributed by atoms with Gasteiger partial charge in [-0.1, -0.05) is 12.1 Å². The molecule has 2 aromatic carbocycles. The van der Waals surface area contributed by atoms with Gasteiger partial charge in [0, 0.05) is 24.2 Å². The van der Waals surface area contributed by atoms with E-state index in [9.17, 15) is 18.0 Å². The van der Waals surface area contributed by atoms with Gasteiger partial charge < -0.3 is 29.6 Å². The molecule has 1 aromatic heterocycles. The number of nitrogens with one attached hydrogen (secondary N) is 2. The van der Waals surface area contributed by atoms with E-state index < -0.39 is 24.2 Å². The Morgan fingerprint density at radius 1 is 1.06 bits per heavy atom. The van der Waals surface area contributed by atoms with Crippen molar-refractivity contribution in [3.63, 3.8) is 0 Å². The Labute approximate surface area is 205 Å². The van der Waals surface area contributed by atoms with E-state index >= 15 is 0 Å². The molecule has 0 bridgehead atoms. The number of anilines is 2. The fourth-order valence-corrected chi connectivity index (χ4v) is 4.16. The molecule has 0 fully saturated rings.